The van der Waals surface area contributed by atoms with Gasteiger partial charge in [0.25, 0.3) is 10.0 Å². The summed E-state index contributed by atoms with van der Waals surface area (Å²) < 4.78 is 27.4. The first-order valence-corrected chi connectivity index (χ1v) is 8.21. The molecule has 1 aromatic heterocycles. The fourth-order valence-electron chi connectivity index (χ4n) is 1.85. The van der Waals surface area contributed by atoms with Crippen LogP contribution in [0.2, 0.25) is 0 Å². The maximum Gasteiger partial charge on any atom is 0.262 e. The van der Waals surface area contributed by atoms with E-state index in [-0.39, 0.29) is 4.90 Å². The molecule has 0 fully saturated rings. The van der Waals surface area contributed by atoms with Gasteiger partial charge in [-0.1, -0.05) is 6.07 Å². The number of hydrogen-bond donors (Lipinski definition) is 1. The summed E-state index contributed by atoms with van der Waals surface area (Å²) in [5.41, 5.74) is 1.25. The van der Waals surface area contributed by atoms with Crippen LogP contribution in [-0.2, 0) is 10.0 Å². The van der Waals surface area contributed by atoms with Crippen molar-refractivity contribution in [1.29, 1.82) is 0 Å². The zero-order valence-electron chi connectivity index (χ0n) is 13.1. The predicted molar refractivity (Wildman–Crippen MR) is 90.1 cm³/mol. The highest BCUT2D eigenvalue weighted by atomic mass is 32.2. The zero-order chi connectivity index (χ0) is 16.3. The molecule has 0 saturated carbocycles. The van der Waals surface area contributed by atoms with E-state index in [4.69, 9.17) is 0 Å². The van der Waals surface area contributed by atoms with E-state index in [1.165, 1.54) is 6.20 Å². The normalized spacial score (nSPS) is 11.1. The van der Waals surface area contributed by atoms with Crippen LogP contribution in [0.3, 0.4) is 0 Å². The Hall–Kier alpha value is -2.28. The van der Waals surface area contributed by atoms with Crippen molar-refractivity contribution in [2.75, 3.05) is 42.7 Å². The number of hydrogen-bond acceptors (Lipinski definition) is 5. The molecule has 1 N–H and O–H groups in total. The van der Waals surface area contributed by atoms with Crippen LogP contribution in [0.5, 0.6) is 0 Å². The topological polar surface area (TPSA) is 65.5 Å². The maximum absolute atomic E-state index is 12.4. The third-order valence-electron chi connectivity index (χ3n) is 3.10. The number of sulfonamides is 1. The predicted octanol–water partition coefficient (Wildman–Crippen LogP) is 2.01. The Labute approximate surface area is 131 Å². The van der Waals surface area contributed by atoms with E-state index in [0.717, 1.165) is 11.5 Å². The second-order valence-corrected chi connectivity index (χ2v) is 6.98. The maximum atomic E-state index is 12.4. The van der Waals surface area contributed by atoms with Crippen LogP contribution < -0.4 is 14.5 Å². The van der Waals surface area contributed by atoms with E-state index >= 15 is 0 Å². The molecule has 6 nitrogen and oxygen atoms in total. The van der Waals surface area contributed by atoms with Crippen LogP contribution in [0, 0.1) is 0 Å². The van der Waals surface area contributed by atoms with Crippen LogP contribution in [-0.4, -0.2) is 41.6 Å². The summed E-state index contributed by atoms with van der Waals surface area (Å²) in [6.45, 7) is 0. The minimum absolute atomic E-state index is 0.218. The summed E-state index contributed by atoms with van der Waals surface area (Å²) in [6.07, 6.45) is 1.50. The van der Waals surface area contributed by atoms with Gasteiger partial charge in [0.15, 0.2) is 0 Å². The lowest BCUT2D eigenvalue weighted by molar-refractivity contribution is 0.601. The standard InChI is InChI=1S/C15H20N4O2S/c1-18(2)13-6-5-7-14(10-13)22(20,21)17-12-8-9-15(16-11-12)19(3)4/h5-11,17H,1-4H3. The van der Waals surface area contributed by atoms with Crippen LogP contribution in [0.15, 0.2) is 47.5 Å². The summed E-state index contributed by atoms with van der Waals surface area (Å²) >= 11 is 0. The molecule has 0 aliphatic heterocycles. The number of nitrogens with one attached hydrogen (secondary N) is 1. The van der Waals surface area contributed by atoms with Crippen LogP contribution in [0.25, 0.3) is 0 Å². The van der Waals surface area contributed by atoms with Crippen molar-refractivity contribution in [2.45, 2.75) is 4.90 Å². The van der Waals surface area contributed by atoms with Crippen LogP contribution in [0.4, 0.5) is 17.2 Å². The van der Waals surface area contributed by atoms with Crippen molar-refractivity contribution >= 4 is 27.2 Å². The molecule has 2 rings (SSSR count). The largest absolute Gasteiger partial charge is 0.378 e. The molecule has 7 heteroatoms. The van der Waals surface area contributed by atoms with Gasteiger partial charge < -0.3 is 9.80 Å². The van der Waals surface area contributed by atoms with Gasteiger partial charge >= 0.3 is 0 Å². The van der Waals surface area contributed by atoms with Crippen LogP contribution >= 0.6 is 0 Å². The summed E-state index contributed by atoms with van der Waals surface area (Å²) in [4.78, 5) is 8.11. The molecule has 0 atom stereocenters. The number of anilines is 3. The Morgan fingerprint density at radius 2 is 1.73 bits per heavy atom. The van der Waals surface area contributed by atoms with E-state index in [1.54, 1.807) is 30.3 Å². The highest BCUT2D eigenvalue weighted by molar-refractivity contribution is 7.92. The van der Waals surface area contributed by atoms with Crippen molar-refractivity contribution in [3.8, 4) is 0 Å². The monoisotopic (exact) mass is 320 g/mol. The summed E-state index contributed by atoms with van der Waals surface area (Å²) in [7, 11) is 3.84. The number of rotatable bonds is 5. The lowest BCUT2D eigenvalue weighted by Crippen LogP contribution is -2.15. The molecule has 0 amide bonds. The van der Waals surface area contributed by atoms with Gasteiger partial charge in [-0.2, -0.15) is 0 Å². The van der Waals surface area contributed by atoms with Gasteiger partial charge in [0.1, 0.15) is 5.82 Å². The van der Waals surface area contributed by atoms with Gasteiger partial charge in [0.2, 0.25) is 0 Å². The van der Waals surface area contributed by atoms with Gasteiger partial charge in [-0.3, -0.25) is 4.72 Å². The molecule has 0 saturated heterocycles. The minimum atomic E-state index is -3.63. The van der Waals surface area contributed by atoms with E-state index in [1.807, 2.05) is 44.1 Å². The Bertz CT molecular complexity index is 740. The zero-order valence-corrected chi connectivity index (χ0v) is 13.9. The van der Waals surface area contributed by atoms with Crippen molar-refractivity contribution in [3.63, 3.8) is 0 Å². The quantitative estimate of drug-likeness (QED) is 0.913. The summed E-state index contributed by atoms with van der Waals surface area (Å²) in [5, 5.41) is 0. The Kier molecular flexibility index (Phi) is 4.56. The summed E-state index contributed by atoms with van der Waals surface area (Å²) in [5.74, 6) is 0.762. The van der Waals surface area contributed by atoms with E-state index in [2.05, 4.69) is 9.71 Å². The van der Waals surface area contributed by atoms with E-state index in [9.17, 15) is 8.42 Å². The molecule has 1 heterocycles. The molecule has 0 spiro atoms. The van der Waals surface area contributed by atoms with Gasteiger partial charge in [-0.15, -0.1) is 0 Å². The fourth-order valence-corrected chi connectivity index (χ4v) is 2.94. The SMILES string of the molecule is CN(C)c1cccc(S(=O)(=O)Nc2ccc(N(C)C)nc2)c1. The first-order valence-electron chi connectivity index (χ1n) is 6.73. The number of nitrogens with zero attached hydrogens (tertiary/aromatic N) is 3. The Morgan fingerprint density at radius 3 is 2.27 bits per heavy atom. The van der Waals surface area contributed by atoms with Gasteiger partial charge in [0, 0.05) is 33.9 Å². The molecule has 0 aliphatic carbocycles. The molecular formula is C15H20N4O2S. The molecule has 118 valence electrons. The molecule has 0 radical (unpaired) electrons. The lowest BCUT2D eigenvalue weighted by Gasteiger charge is -2.15. The molecule has 1 aromatic carbocycles. The molecule has 22 heavy (non-hydrogen) atoms. The van der Waals surface area contributed by atoms with E-state index < -0.39 is 10.0 Å². The number of pyridine rings is 1. The molecule has 0 bridgehead atoms. The third kappa shape index (κ3) is 3.67. The van der Waals surface area contributed by atoms with Gasteiger partial charge in [-0.25, -0.2) is 13.4 Å². The van der Waals surface area contributed by atoms with Gasteiger partial charge in [0.05, 0.1) is 16.8 Å². The second-order valence-electron chi connectivity index (χ2n) is 5.30. The smallest absolute Gasteiger partial charge is 0.262 e. The Balaban J connectivity index is 2.25. The molecule has 0 unspecified atom stereocenters. The average Bonchev–Trinajstić information content (AvgIpc) is 2.47. The fraction of sp³-hybridized carbons (Fsp3) is 0.267. The molecule has 2 aromatic rings. The first kappa shape index (κ1) is 16.1. The highest BCUT2D eigenvalue weighted by Gasteiger charge is 2.15. The lowest BCUT2D eigenvalue weighted by atomic mass is 10.3. The number of aromatic nitrogens is 1. The van der Waals surface area contributed by atoms with E-state index in [0.29, 0.717) is 5.69 Å². The van der Waals surface area contributed by atoms with Crippen molar-refractivity contribution in [2.24, 2.45) is 0 Å². The third-order valence-corrected chi connectivity index (χ3v) is 4.48. The average molecular weight is 320 g/mol. The van der Waals surface area contributed by atoms with Crippen molar-refractivity contribution in [3.05, 3.63) is 42.6 Å². The minimum Gasteiger partial charge on any atom is -0.378 e. The van der Waals surface area contributed by atoms with Crippen LogP contribution in [0.1, 0.15) is 0 Å². The molecule has 0 aliphatic rings. The molecular weight excluding hydrogens is 300 g/mol. The highest BCUT2D eigenvalue weighted by Crippen LogP contribution is 2.21. The first-order chi connectivity index (χ1) is 10.3. The van der Waals surface area contributed by atoms with Crippen molar-refractivity contribution in [1.82, 2.24) is 4.98 Å². The van der Waals surface area contributed by atoms with Crippen molar-refractivity contribution < 1.29 is 8.42 Å². The summed E-state index contributed by atoms with van der Waals surface area (Å²) in [6, 6.07) is 10.2. The Morgan fingerprint density at radius 1 is 1.00 bits per heavy atom. The second kappa shape index (κ2) is 6.23. The van der Waals surface area contributed by atoms with Gasteiger partial charge in [-0.05, 0) is 30.3 Å². The number of benzene rings is 1.